The minimum absolute atomic E-state index is 0.0972. The molecule has 3 nitrogen and oxygen atoms in total. The molecule has 0 heterocycles. The van der Waals surface area contributed by atoms with Crippen LogP contribution in [0, 0.1) is 0 Å². The quantitative estimate of drug-likeness (QED) is 0.808. The van der Waals surface area contributed by atoms with Gasteiger partial charge in [0.25, 0.3) is 0 Å². The van der Waals surface area contributed by atoms with Crippen molar-refractivity contribution in [3.8, 4) is 11.5 Å². The van der Waals surface area contributed by atoms with Crippen molar-refractivity contribution in [3.05, 3.63) is 23.3 Å². The number of alkyl halides is 3. The third-order valence-corrected chi connectivity index (χ3v) is 2.30. The van der Waals surface area contributed by atoms with E-state index in [2.05, 4.69) is 0 Å². The number of Topliss-reactive ketones (excluding diaryl/α,β-unsaturated/α-hetero) is 1. The molecule has 0 saturated heterocycles. The zero-order valence-corrected chi connectivity index (χ0v) is 9.01. The number of aromatic hydroxyl groups is 2. The molecule has 0 spiro atoms. The average molecular weight is 248 g/mol. The van der Waals surface area contributed by atoms with Crippen molar-refractivity contribution in [1.29, 1.82) is 0 Å². The van der Waals surface area contributed by atoms with Crippen LogP contribution in [0.2, 0.25) is 0 Å². The summed E-state index contributed by atoms with van der Waals surface area (Å²) in [5, 5.41) is 18.9. The van der Waals surface area contributed by atoms with Gasteiger partial charge in [-0.1, -0.05) is 0 Å². The third kappa shape index (κ3) is 3.37. The molecule has 0 bridgehead atoms. The molecule has 0 amide bonds. The lowest BCUT2D eigenvalue weighted by atomic mass is 10.0. The lowest BCUT2D eigenvalue weighted by Crippen LogP contribution is -2.09. The molecule has 0 saturated carbocycles. The van der Waals surface area contributed by atoms with Crippen LogP contribution in [0.1, 0.15) is 29.3 Å². The first kappa shape index (κ1) is 13.3. The van der Waals surface area contributed by atoms with Crippen molar-refractivity contribution >= 4 is 5.78 Å². The standard InChI is InChI=1S/C11H11F3O3/c1-6(15)7-2-3-9(16)8(10(7)17)4-5-11(12,13)14/h2-3,16-17H,4-5H2,1H3. The highest BCUT2D eigenvalue weighted by molar-refractivity contribution is 5.97. The molecule has 0 fully saturated rings. The van der Waals surface area contributed by atoms with Gasteiger partial charge in [-0.2, -0.15) is 13.2 Å². The molecule has 0 radical (unpaired) electrons. The zero-order chi connectivity index (χ0) is 13.2. The van der Waals surface area contributed by atoms with Gasteiger partial charge in [0, 0.05) is 12.0 Å². The van der Waals surface area contributed by atoms with Crippen LogP contribution in [0.4, 0.5) is 13.2 Å². The second-order valence-electron chi connectivity index (χ2n) is 3.63. The van der Waals surface area contributed by atoms with Crippen molar-refractivity contribution in [2.75, 3.05) is 0 Å². The highest BCUT2D eigenvalue weighted by atomic mass is 19.4. The molecule has 0 aliphatic heterocycles. The van der Waals surface area contributed by atoms with E-state index in [0.717, 1.165) is 6.07 Å². The Bertz CT molecular complexity index is 438. The third-order valence-electron chi connectivity index (χ3n) is 2.30. The van der Waals surface area contributed by atoms with Crippen LogP contribution < -0.4 is 0 Å². The first-order valence-corrected chi connectivity index (χ1v) is 4.84. The van der Waals surface area contributed by atoms with Crippen LogP contribution >= 0.6 is 0 Å². The van der Waals surface area contributed by atoms with Gasteiger partial charge in [0.1, 0.15) is 11.5 Å². The molecule has 6 heteroatoms. The lowest BCUT2D eigenvalue weighted by molar-refractivity contribution is -0.134. The van der Waals surface area contributed by atoms with E-state index in [1.54, 1.807) is 0 Å². The number of hydrogen-bond donors (Lipinski definition) is 2. The van der Waals surface area contributed by atoms with Crippen LogP contribution in [-0.4, -0.2) is 22.2 Å². The maximum Gasteiger partial charge on any atom is 0.389 e. The van der Waals surface area contributed by atoms with Gasteiger partial charge in [-0.3, -0.25) is 4.79 Å². The lowest BCUT2D eigenvalue weighted by Gasteiger charge is -2.11. The number of rotatable bonds is 3. The Kier molecular flexibility index (Phi) is 3.65. The maximum absolute atomic E-state index is 12.0. The molecule has 94 valence electrons. The fraction of sp³-hybridized carbons (Fsp3) is 0.364. The molecular formula is C11H11F3O3. The molecule has 1 rings (SSSR count). The molecule has 0 aromatic heterocycles. The Hall–Kier alpha value is -1.72. The molecule has 0 atom stereocenters. The summed E-state index contributed by atoms with van der Waals surface area (Å²) >= 11 is 0. The van der Waals surface area contributed by atoms with Crippen molar-refractivity contribution in [3.63, 3.8) is 0 Å². The minimum Gasteiger partial charge on any atom is -0.508 e. The van der Waals surface area contributed by atoms with Crippen molar-refractivity contribution < 1.29 is 28.2 Å². The molecule has 1 aromatic carbocycles. The highest BCUT2D eigenvalue weighted by Gasteiger charge is 2.28. The normalized spacial score (nSPS) is 11.5. The number of halogens is 3. The van der Waals surface area contributed by atoms with E-state index < -0.39 is 36.3 Å². The van der Waals surface area contributed by atoms with Crippen molar-refractivity contribution in [2.45, 2.75) is 25.9 Å². The van der Waals surface area contributed by atoms with Crippen molar-refractivity contribution in [2.24, 2.45) is 0 Å². The monoisotopic (exact) mass is 248 g/mol. The van der Waals surface area contributed by atoms with E-state index in [-0.39, 0.29) is 11.1 Å². The van der Waals surface area contributed by atoms with E-state index in [1.807, 2.05) is 0 Å². The molecule has 0 aliphatic rings. The van der Waals surface area contributed by atoms with Gasteiger partial charge in [-0.05, 0) is 25.5 Å². The van der Waals surface area contributed by atoms with Gasteiger partial charge >= 0.3 is 6.18 Å². The van der Waals surface area contributed by atoms with E-state index in [4.69, 9.17) is 0 Å². The number of carbonyl (C=O) groups is 1. The number of carbonyl (C=O) groups excluding carboxylic acids is 1. The van der Waals surface area contributed by atoms with Crippen molar-refractivity contribution in [1.82, 2.24) is 0 Å². The minimum atomic E-state index is -4.38. The molecule has 17 heavy (non-hydrogen) atoms. The largest absolute Gasteiger partial charge is 0.508 e. The maximum atomic E-state index is 12.0. The Labute approximate surface area is 95.5 Å². The van der Waals surface area contributed by atoms with Crippen LogP contribution in [0.3, 0.4) is 0 Å². The topological polar surface area (TPSA) is 57.5 Å². The number of phenols is 2. The Morgan fingerprint density at radius 2 is 1.88 bits per heavy atom. The Balaban J connectivity index is 3.06. The number of phenolic OH excluding ortho intramolecular Hbond substituents is 2. The smallest absolute Gasteiger partial charge is 0.389 e. The van der Waals surface area contributed by atoms with Gasteiger partial charge in [0.2, 0.25) is 0 Å². The first-order valence-electron chi connectivity index (χ1n) is 4.84. The Morgan fingerprint density at radius 1 is 1.29 bits per heavy atom. The second kappa shape index (κ2) is 4.65. The molecular weight excluding hydrogens is 237 g/mol. The summed E-state index contributed by atoms with van der Waals surface area (Å²) in [6, 6.07) is 2.27. The van der Waals surface area contributed by atoms with Gasteiger partial charge in [0.05, 0.1) is 5.56 Å². The molecule has 0 unspecified atom stereocenters. The molecule has 2 N–H and O–H groups in total. The highest BCUT2D eigenvalue weighted by Crippen LogP contribution is 2.34. The fourth-order valence-corrected chi connectivity index (χ4v) is 1.42. The summed E-state index contributed by atoms with van der Waals surface area (Å²) in [5.41, 5.74) is -0.352. The first-order chi connectivity index (χ1) is 7.72. The summed E-state index contributed by atoms with van der Waals surface area (Å²) in [6.07, 6.45) is -6.12. The molecule has 0 aliphatic carbocycles. The van der Waals surface area contributed by atoms with Crippen LogP contribution in [0.25, 0.3) is 0 Å². The summed E-state index contributed by atoms with van der Waals surface area (Å²) < 4.78 is 36.1. The summed E-state index contributed by atoms with van der Waals surface area (Å²) in [4.78, 5) is 11.1. The number of hydrogen-bond acceptors (Lipinski definition) is 3. The van der Waals surface area contributed by atoms with E-state index in [1.165, 1.54) is 13.0 Å². The van der Waals surface area contributed by atoms with Crippen LogP contribution in [0.5, 0.6) is 11.5 Å². The predicted octanol–water partition coefficient (Wildman–Crippen LogP) is 2.80. The van der Waals surface area contributed by atoms with Crippen LogP contribution in [-0.2, 0) is 6.42 Å². The van der Waals surface area contributed by atoms with Crippen LogP contribution in [0.15, 0.2) is 12.1 Å². The summed E-state index contributed by atoms with van der Waals surface area (Å²) in [6.45, 7) is 1.18. The second-order valence-corrected chi connectivity index (χ2v) is 3.63. The van der Waals surface area contributed by atoms with E-state index in [9.17, 15) is 28.2 Å². The van der Waals surface area contributed by atoms with Gasteiger partial charge in [0.15, 0.2) is 5.78 Å². The van der Waals surface area contributed by atoms with Gasteiger partial charge in [-0.25, -0.2) is 0 Å². The zero-order valence-electron chi connectivity index (χ0n) is 9.01. The van der Waals surface area contributed by atoms with Gasteiger partial charge < -0.3 is 10.2 Å². The Morgan fingerprint density at radius 3 is 2.35 bits per heavy atom. The summed E-state index contributed by atoms with van der Waals surface area (Å²) in [5.74, 6) is -1.51. The summed E-state index contributed by atoms with van der Waals surface area (Å²) in [7, 11) is 0. The van der Waals surface area contributed by atoms with E-state index >= 15 is 0 Å². The average Bonchev–Trinajstić information content (AvgIpc) is 2.14. The number of ketones is 1. The SMILES string of the molecule is CC(=O)c1ccc(O)c(CCC(F)(F)F)c1O. The molecule has 1 aromatic rings. The fourth-order valence-electron chi connectivity index (χ4n) is 1.42. The predicted molar refractivity (Wildman–Crippen MR) is 54.2 cm³/mol. The van der Waals surface area contributed by atoms with Gasteiger partial charge in [-0.15, -0.1) is 0 Å². The van der Waals surface area contributed by atoms with E-state index in [0.29, 0.717) is 0 Å². The number of benzene rings is 1.